The Morgan fingerprint density at radius 3 is 2.19 bits per heavy atom. The number of hydrogen-bond acceptors (Lipinski definition) is 4. The van der Waals surface area contributed by atoms with Crippen molar-refractivity contribution in [1.82, 2.24) is 0 Å². The molecule has 0 radical (unpaired) electrons. The smallest absolute Gasteiger partial charge is 0.381 e. The van der Waals surface area contributed by atoms with E-state index in [0.717, 1.165) is 24.3 Å². The minimum absolute atomic E-state index is 0.0631. The first kappa shape index (κ1) is 20.7. The number of alkyl halides is 3. The summed E-state index contributed by atoms with van der Waals surface area (Å²) in [7, 11) is -3.76. The number of rotatable bonds is 5. The molecule has 2 rings (SSSR count). The first-order valence-electron chi connectivity index (χ1n) is 8.22. The maximum atomic E-state index is 12.7. The number of anilines is 1. The van der Waals surface area contributed by atoms with Crippen LogP contribution >= 0.6 is 0 Å². The van der Waals surface area contributed by atoms with E-state index < -0.39 is 32.2 Å². The Hall–Kier alpha value is -1.61. The summed E-state index contributed by atoms with van der Waals surface area (Å²) in [6, 6.07) is 3.86. The van der Waals surface area contributed by atoms with Crippen molar-refractivity contribution in [3.8, 4) is 0 Å². The molecule has 1 heterocycles. The van der Waals surface area contributed by atoms with E-state index in [0.29, 0.717) is 26.1 Å². The maximum absolute atomic E-state index is 12.7. The number of ether oxygens (including phenoxy) is 1. The van der Waals surface area contributed by atoms with Gasteiger partial charge < -0.3 is 10.1 Å². The maximum Gasteiger partial charge on any atom is 0.416 e. The number of sulfone groups is 1. The van der Waals surface area contributed by atoms with Crippen LogP contribution in [-0.2, 0) is 25.5 Å². The second-order valence-electron chi connectivity index (χ2n) is 6.88. The summed E-state index contributed by atoms with van der Waals surface area (Å²) >= 11 is 0. The van der Waals surface area contributed by atoms with E-state index in [9.17, 15) is 26.4 Å². The molecular weight excluding hydrogens is 371 g/mol. The largest absolute Gasteiger partial charge is 0.416 e. The fourth-order valence-corrected chi connectivity index (χ4v) is 4.30. The number of nitrogens with one attached hydrogen (secondary N) is 1. The van der Waals surface area contributed by atoms with Crippen molar-refractivity contribution in [2.24, 2.45) is 5.92 Å². The number of carbonyl (C=O) groups is 1. The van der Waals surface area contributed by atoms with Crippen LogP contribution < -0.4 is 5.32 Å². The van der Waals surface area contributed by atoms with E-state index in [-0.39, 0.29) is 17.4 Å². The van der Waals surface area contributed by atoms with Gasteiger partial charge in [-0.1, -0.05) is 0 Å². The highest BCUT2D eigenvalue weighted by Gasteiger charge is 2.43. The van der Waals surface area contributed by atoms with Gasteiger partial charge in [-0.25, -0.2) is 8.42 Å². The Kier molecular flexibility index (Phi) is 6.02. The number of halogens is 3. The zero-order valence-electron chi connectivity index (χ0n) is 14.6. The number of benzene rings is 1. The SMILES string of the molecule is CC(C)(C(=O)Nc1ccc(C(F)(F)F)cc1)S(=O)(=O)CC1CCOCC1. The average Bonchev–Trinajstić information content (AvgIpc) is 2.54. The third-order valence-corrected chi connectivity index (χ3v) is 7.24. The lowest BCUT2D eigenvalue weighted by Gasteiger charge is -2.28. The second kappa shape index (κ2) is 7.56. The molecule has 1 aromatic carbocycles. The molecular formula is C17H22F3NO4S. The highest BCUT2D eigenvalue weighted by molar-refractivity contribution is 7.93. The van der Waals surface area contributed by atoms with Crippen molar-refractivity contribution in [3.63, 3.8) is 0 Å². The van der Waals surface area contributed by atoms with Gasteiger partial charge in [0.1, 0.15) is 4.75 Å². The van der Waals surface area contributed by atoms with Crippen LogP contribution in [0.3, 0.4) is 0 Å². The Labute approximate surface area is 150 Å². The summed E-state index contributed by atoms with van der Waals surface area (Å²) in [5.74, 6) is -0.958. The molecule has 1 fully saturated rings. The van der Waals surface area contributed by atoms with Gasteiger partial charge >= 0.3 is 6.18 Å². The predicted octanol–water partition coefficient (Wildman–Crippen LogP) is 3.26. The summed E-state index contributed by atoms with van der Waals surface area (Å²) in [4.78, 5) is 12.5. The Morgan fingerprint density at radius 2 is 1.69 bits per heavy atom. The van der Waals surface area contributed by atoms with Crippen molar-refractivity contribution >= 4 is 21.4 Å². The molecule has 1 aromatic rings. The summed E-state index contributed by atoms with van der Waals surface area (Å²) in [6.45, 7) is 3.61. The van der Waals surface area contributed by atoms with E-state index in [1.54, 1.807) is 0 Å². The van der Waals surface area contributed by atoms with Gasteiger partial charge in [-0.05, 0) is 56.9 Å². The molecule has 5 nitrogen and oxygen atoms in total. The van der Waals surface area contributed by atoms with Crippen LogP contribution in [0.1, 0.15) is 32.3 Å². The number of amides is 1. The van der Waals surface area contributed by atoms with Crippen LogP contribution in [0.4, 0.5) is 18.9 Å². The topological polar surface area (TPSA) is 72.5 Å². The molecule has 0 saturated carbocycles. The first-order chi connectivity index (χ1) is 11.9. The Morgan fingerprint density at radius 1 is 1.15 bits per heavy atom. The van der Waals surface area contributed by atoms with Gasteiger partial charge in [-0.15, -0.1) is 0 Å². The summed E-state index contributed by atoms with van der Waals surface area (Å²) in [5, 5.41) is 2.39. The lowest BCUT2D eigenvalue weighted by atomic mass is 10.0. The molecule has 1 aliphatic heterocycles. The van der Waals surface area contributed by atoms with Crippen molar-refractivity contribution in [2.75, 3.05) is 24.3 Å². The van der Waals surface area contributed by atoms with E-state index >= 15 is 0 Å². The van der Waals surface area contributed by atoms with Crippen molar-refractivity contribution in [3.05, 3.63) is 29.8 Å². The predicted molar refractivity (Wildman–Crippen MR) is 91.5 cm³/mol. The summed E-state index contributed by atoms with van der Waals surface area (Å²) in [6.07, 6.45) is -3.24. The summed E-state index contributed by atoms with van der Waals surface area (Å²) < 4.78 is 66.6. The third kappa shape index (κ3) is 4.76. The lowest BCUT2D eigenvalue weighted by Crippen LogP contribution is -2.47. The van der Waals surface area contributed by atoms with Crippen molar-refractivity contribution < 1.29 is 31.1 Å². The van der Waals surface area contributed by atoms with Crippen LogP contribution in [0, 0.1) is 5.92 Å². The molecule has 9 heteroatoms. The van der Waals surface area contributed by atoms with Crippen molar-refractivity contribution in [2.45, 2.75) is 37.6 Å². The molecule has 0 spiro atoms. The zero-order chi connectivity index (χ0) is 19.6. The van der Waals surface area contributed by atoms with E-state index in [1.165, 1.54) is 13.8 Å². The van der Waals surface area contributed by atoms with Gasteiger partial charge in [-0.3, -0.25) is 4.79 Å². The molecule has 0 aromatic heterocycles. The molecule has 0 bridgehead atoms. The molecule has 26 heavy (non-hydrogen) atoms. The van der Waals surface area contributed by atoms with Gasteiger partial charge in [0.15, 0.2) is 9.84 Å². The summed E-state index contributed by atoms with van der Waals surface area (Å²) in [5.41, 5.74) is -0.737. The molecule has 146 valence electrons. The van der Waals surface area contributed by atoms with Gasteiger partial charge in [0.05, 0.1) is 11.3 Å². The van der Waals surface area contributed by atoms with Gasteiger partial charge in [0.2, 0.25) is 5.91 Å². The van der Waals surface area contributed by atoms with Crippen LogP contribution in [0.25, 0.3) is 0 Å². The Balaban J connectivity index is 2.08. The fraction of sp³-hybridized carbons (Fsp3) is 0.588. The van der Waals surface area contributed by atoms with Gasteiger partial charge in [0.25, 0.3) is 0 Å². The highest BCUT2D eigenvalue weighted by atomic mass is 32.2. The standard InChI is InChI=1S/C17H22F3NO4S/c1-16(2,26(23,24)11-12-7-9-25-10-8-12)15(22)21-14-5-3-13(4-6-14)17(18,19)20/h3-6,12H,7-11H2,1-2H3,(H,21,22). The quantitative estimate of drug-likeness (QED) is 0.833. The van der Waals surface area contributed by atoms with Gasteiger partial charge in [0, 0.05) is 18.9 Å². The number of carbonyl (C=O) groups excluding carboxylic acids is 1. The van der Waals surface area contributed by atoms with E-state index in [1.807, 2.05) is 0 Å². The molecule has 0 aliphatic carbocycles. The molecule has 1 amide bonds. The third-order valence-electron chi connectivity index (χ3n) is 4.59. The molecule has 0 unspecified atom stereocenters. The van der Waals surface area contributed by atoms with Gasteiger partial charge in [-0.2, -0.15) is 13.2 Å². The monoisotopic (exact) mass is 393 g/mol. The lowest BCUT2D eigenvalue weighted by molar-refractivity contribution is -0.137. The van der Waals surface area contributed by atoms with Crippen molar-refractivity contribution in [1.29, 1.82) is 0 Å². The number of hydrogen-bond donors (Lipinski definition) is 1. The Bertz CT molecular complexity index is 736. The van der Waals surface area contributed by atoms with E-state index in [4.69, 9.17) is 4.74 Å². The minimum Gasteiger partial charge on any atom is -0.381 e. The zero-order valence-corrected chi connectivity index (χ0v) is 15.4. The molecule has 1 N–H and O–H groups in total. The highest BCUT2D eigenvalue weighted by Crippen LogP contribution is 2.30. The first-order valence-corrected chi connectivity index (χ1v) is 9.87. The van der Waals surface area contributed by atoms with Crippen LogP contribution in [0.15, 0.2) is 24.3 Å². The fourth-order valence-electron chi connectivity index (χ4n) is 2.60. The molecule has 1 aliphatic rings. The average molecular weight is 393 g/mol. The molecule has 1 saturated heterocycles. The minimum atomic E-state index is -4.48. The second-order valence-corrected chi connectivity index (χ2v) is 9.46. The van der Waals surface area contributed by atoms with Crippen LogP contribution in [-0.4, -0.2) is 38.0 Å². The molecule has 0 atom stereocenters. The normalized spacial score (nSPS) is 17.1. The van der Waals surface area contributed by atoms with Crippen LogP contribution in [0.5, 0.6) is 0 Å². The van der Waals surface area contributed by atoms with Crippen LogP contribution in [0.2, 0.25) is 0 Å². The van der Waals surface area contributed by atoms with E-state index in [2.05, 4.69) is 5.32 Å².